The summed E-state index contributed by atoms with van der Waals surface area (Å²) in [5, 5.41) is 8.19. The van der Waals surface area contributed by atoms with Crippen LogP contribution in [0.5, 0.6) is 0 Å². The SMILES string of the molecule is CC1(CNC(=O)CCC(=O)c2cccs2)CCNCC1. The predicted molar refractivity (Wildman–Crippen MR) is 81.1 cm³/mol. The molecule has 0 bridgehead atoms. The van der Waals surface area contributed by atoms with Gasteiger partial charge in [-0.1, -0.05) is 13.0 Å². The minimum atomic E-state index is -0.0188. The van der Waals surface area contributed by atoms with Crippen LogP contribution in [0.4, 0.5) is 0 Å². The van der Waals surface area contributed by atoms with Gasteiger partial charge in [-0.15, -0.1) is 11.3 Å². The third-order valence-corrected chi connectivity index (χ3v) is 4.81. The van der Waals surface area contributed by atoms with Crippen LogP contribution in [0.25, 0.3) is 0 Å². The van der Waals surface area contributed by atoms with E-state index in [9.17, 15) is 9.59 Å². The first-order chi connectivity index (χ1) is 9.59. The number of piperidine rings is 1. The van der Waals surface area contributed by atoms with Crippen molar-refractivity contribution in [3.8, 4) is 0 Å². The van der Waals surface area contributed by atoms with Crippen molar-refractivity contribution in [3.05, 3.63) is 22.4 Å². The molecule has 0 aliphatic carbocycles. The Morgan fingerprint density at radius 3 is 2.75 bits per heavy atom. The fourth-order valence-corrected chi connectivity index (χ4v) is 3.09. The molecule has 5 heteroatoms. The predicted octanol–water partition coefficient (Wildman–Crippen LogP) is 2.22. The van der Waals surface area contributed by atoms with Gasteiger partial charge >= 0.3 is 0 Å². The molecule has 0 unspecified atom stereocenters. The first-order valence-electron chi connectivity index (χ1n) is 7.13. The molecule has 1 aliphatic rings. The summed E-state index contributed by atoms with van der Waals surface area (Å²) >= 11 is 1.43. The molecule has 4 nitrogen and oxygen atoms in total. The van der Waals surface area contributed by atoms with E-state index in [1.807, 2.05) is 11.4 Å². The molecule has 0 atom stereocenters. The van der Waals surface area contributed by atoms with Crippen molar-refractivity contribution in [1.82, 2.24) is 10.6 Å². The molecule has 1 aromatic rings. The Bertz CT molecular complexity index is 450. The third kappa shape index (κ3) is 4.42. The van der Waals surface area contributed by atoms with Gasteiger partial charge in [0.05, 0.1) is 4.88 Å². The second-order valence-corrected chi connectivity index (χ2v) is 6.69. The first-order valence-corrected chi connectivity index (χ1v) is 8.01. The quantitative estimate of drug-likeness (QED) is 0.791. The Hall–Kier alpha value is -1.20. The van der Waals surface area contributed by atoms with Crippen molar-refractivity contribution in [2.24, 2.45) is 5.41 Å². The molecule has 1 saturated heterocycles. The molecular weight excluding hydrogens is 272 g/mol. The molecule has 2 heterocycles. The number of nitrogens with one attached hydrogen (secondary N) is 2. The molecule has 1 aromatic heterocycles. The molecule has 0 saturated carbocycles. The highest BCUT2D eigenvalue weighted by Crippen LogP contribution is 2.26. The smallest absolute Gasteiger partial charge is 0.220 e. The summed E-state index contributed by atoms with van der Waals surface area (Å²) in [7, 11) is 0. The van der Waals surface area contributed by atoms with Gasteiger partial charge in [0, 0.05) is 19.4 Å². The number of hydrogen-bond donors (Lipinski definition) is 2. The van der Waals surface area contributed by atoms with Crippen LogP contribution in [0.2, 0.25) is 0 Å². The summed E-state index contributed by atoms with van der Waals surface area (Å²) in [6.45, 7) is 4.96. The number of carbonyl (C=O) groups is 2. The lowest BCUT2D eigenvalue weighted by atomic mass is 9.81. The molecule has 2 rings (SSSR count). The van der Waals surface area contributed by atoms with Gasteiger partial charge in [0.15, 0.2) is 5.78 Å². The van der Waals surface area contributed by atoms with Gasteiger partial charge in [-0.05, 0) is 42.8 Å². The molecule has 20 heavy (non-hydrogen) atoms. The van der Waals surface area contributed by atoms with Crippen LogP contribution in [0.15, 0.2) is 17.5 Å². The maximum Gasteiger partial charge on any atom is 0.220 e. The van der Waals surface area contributed by atoms with Crippen LogP contribution in [0, 0.1) is 5.41 Å². The summed E-state index contributed by atoms with van der Waals surface area (Å²) in [5.41, 5.74) is 0.193. The minimum Gasteiger partial charge on any atom is -0.356 e. The number of thiophene rings is 1. The lowest BCUT2D eigenvalue weighted by Crippen LogP contribution is -2.42. The molecule has 0 spiro atoms. The minimum absolute atomic E-state index is 0.0188. The van der Waals surface area contributed by atoms with E-state index in [1.165, 1.54) is 11.3 Å². The Kier molecular flexibility index (Phi) is 5.31. The zero-order valence-corrected chi connectivity index (χ0v) is 12.7. The molecule has 2 N–H and O–H groups in total. The zero-order valence-electron chi connectivity index (χ0n) is 11.9. The van der Waals surface area contributed by atoms with Crippen LogP contribution in [0.1, 0.15) is 42.3 Å². The topological polar surface area (TPSA) is 58.2 Å². The molecule has 0 aromatic carbocycles. The molecular formula is C15H22N2O2S. The van der Waals surface area contributed by atoms with Crippen LogP contribution < -0.4 is 10.6 Å². The average molecular weight is 294 g/mol. The zero-order chi connectivity index (χ0) is 14.4. The number of carbonyl (C=O) groups excluding carboxylic acids is 2. The van der Waals surface area contributed by atoms with E-state index in [4.69, 9.17) is 0 Å². The molecule has 110 valence electrons. The highest BCUT2D eigenvalue weighted by atomic mass is 32.1. The first kappa shape index (κ1) is 15.2. The Morgan fingerprint density at radius 1 is 1.35 bits per heavy atom. The second-order valence-electron chi connectivity index (χ2n) is 5.74. The van der Waals surface area contributed by atoms with E-state index in [0.29, 0.717) is 13.0 Å². The largest absolute Gasteiger partial charge is 0.356 e. The van der Waals surface area contributed by atoms with Gasteiger partial charge in [-0.2, -0.15) is 0 Å². The summed E-state index contributed by atoms with van der Waals surface area (Å²) in [4.78, 5) is 24.4. The highest BCUT2D eigenvalue weighted by molar-refractivity contribution is 7.12. The van der Waals surface area contributed by atoms with Gasteiger partial charge < -0.3 is 10.6 Å². The Labute approximate surface area is 124 Å². The van der Waals surface area contributed by atoms with Crippen molar-refractivity contribution in [2.75, 3.05) is 19.6 Å². The van der Waals surface area contributed by atoms with E-state index >= 15 is 0 Å². The van der Waals surface area contributed by atoms with Crippen LogP contribution >= 0.6 is 11.3 Å². The van der Waals surface area contributed by atoms with E-state index in [2.05, 4.69) is 17.6 Å². The van der Waals surface area contributed by atoms with Crippen molar-refractivity contribution in [1.29, 1.82) is 0 Å². The van der Waals surface area contributed by atoms with Crippen LogP contribution in [0.3, 0.4) is 0 Å². The Morgan fingerprint density at radius 2 is 2.10 bits per heavy atom. The number of rotatable bonds is 6. The summed E-state index contributed by atoms with van der Waals surface area (Å²) in [6.07, 6.45) is 2.75. The number of amides is 1. The van der Waals surface area contributed by atoms with Gasteiger partial charge in [-0.3, -0.25) is 9.59 Å². The number of ketones is 1. The molecule has 1 fully saturated rings. The average Bonchev–Trinajstić information content (AvgIpc) is 2.98. The summed E-state index contributed by atoms with van der Waals surface area (Å²) in [6, 6.07) is 3.66. The van der Waals surface area contributed by atoms with E-state index in [0.717, 1.165) is 30.8 Å². The van der Waals surface area contributed by atoms with E-state index in [-0.39, 0.29) is 23.5 Å². The van der Waals surface area contributed by atoms with Gasteiger partial charge in [0.25, 0.3) is 0 Å². The fourth-order valence-electron chi connectivity index (χ4n) is 2.39. The van der Waals surface area contributed by atoms with Gasteiger partial charge in [0.2, 0.25) is 5.91 Å². The van der Waals surface area contributed by atoms with Crippen LogP contribution in [-0.4, -0.2) is 31.3 Å². The fraction of sp³-hybridized carbons (Fsp3) is 0.600. The Balaban J connectivity index is 1.69. The molecule has 1 amide bonds. The maximum absolute atomic E-state index is 11.8. The summed E-state index contributed by atoms with van der Waals surface area (Å²) < 4.78 is 0. The third-order valence-electron chi connectivity index (χ3n) is 3.90. The van der Waals surface area contributed by atoms with E-state index < -0.39 is 0 Å². The van der Waals surface area contributed by atoms with Crippen LogP contribution in [-0.2, 0) is 4.79 Å². The standard InChI is InChI=1S/C15H22N2O2S/c1-15(6-8-16-9-7-15)11-17-14(19)5-4-12(18)13-3-2-10-20-13/h2-3,10,16H,4-9,11H2,1H3,(H,17,19). The monoisotopic (exact) mass is 294 g/mol. The normalized spacial score (nSPS) is 17.6. The number of hydrogen-bond acceptors (Lipinski definition) is 4. The number of Topliss-reactive ketones (excluding diaryl/α,β-unsaturated/α-hetero) is 1. The van der Waals surface area contributed by atoms with Crippen molar-refractivity contribution in [3.63, 3.8) is 0 Å². The lowest BCUT2D eigenvalue weighted by Gasteiger charge is -2.34. The highest BCUT2D eigenvalue weighted by Gasteiger charge is 2.26. The van der Waals surface area contributed by atoms with E-state index in [1.54, 1.807) is 6.07 Å². The molecule has 0 radical (unpaired) electrons. The second kappa shape index (κ2) is 6.99. The van der Waals surface area contributed by atoms with Gasteiger partial charge in [0.1, 0.15) is 0 Å². The molecule has 1 aliphatic heterocycles. The van der Waals surface area contributed by atoms with Gasteiger partial charge in [-0.25, -0.2) is 0 Å². The van der Waals surface area contributed by atoms with Crippen molar-refractivity contribution < 1.29 is 9.59 Å². The lowest BCUT2D eigenvalue weighted by molar-refractivity contribution is -0.121. The summed E-state index contributed by atoms with van der Waals surface area (Å²) in [5.74, 6) is 0.0397. The van der Waals surface area contributed by atoms with Crippen molar-refractivity contribution in [2.45, 2.75) is 32.6 Å². The maximum atomic E-state index is 11.8. The van der Waals surface area contributed by atoms with Crippen molar-refractivity contribution >= 4 is 23.0 Å².